The third kappa shape index (κ3) is 5.49. The molecule has 0 aromatic heterocycles. The first kappa shape index (κ1) is 18.2. The summed E-state index contributed by atoms with van der Waals surface area (Å²) in [4.78, 5) is 12.1. The molecule has 128 valence electrons. The molecule has 5 heteroatoms. The topological polar surface area (TPSA) is 47.6 Å². The molecular weight excluding hydrogens is 322 g/mol. The van der Waals surface area contributed by atoms with E-state index in [0.29, 0.717) is 5.75 Å². The third-order valence-electron chi connectivity index (χ3n) is 3.65. The first-order valence-electron chi connectivity index (χ1n) is 7.76. The number of rotatable bonds is 8. The maximum absolute atomic E-state index is 12.1. The number of carbonyl (C=O) groups is 1. The van der Waals surface area contributed by atoms with Gasteiger partial charge in [-0.2, -0.15) is 0 Å². The number of hydrogen-bond acceptors (Lipinski definition) is 4. The van der Waals surface area contributed by atoms with Crippen molar-refractivity contribution >= 4 is 17.7 Å². The van der Waals surface area contributed by atoms with Crippen molar-refractivity contribution in [3.63, 3.8) is 0 Å². The summed E-state index contributed by atoms with van der Waals surface area (Å²) >= 11 is 1.60. The number of hydrogen-bond donors (Lipinski definition) is 1. The average molecular weight is 345 g/mol. The number of nitrogens with one attached hydrogen (secondary N) is 1. The minimum absolute atomic E-state index is 0.0232. The minimum Gasteiger partial charge on any atom is -0.497 e. The van der Waals surface area contributed by atoms with Gasteiger partial charge in [0.1, 0.15) is 11.5 Å². The summed E-state index contributed by atoms with van der Waals surface area (Å²) in [7, 11) is 3.29. The Morgan fingerprint density at radius 1 is 1.00 bits per heavy atom. The van der Waals surface area contributed by atoms with Gasteiger partial charge < -0.3 is 14.8 Å². The first-order valence-corrected chi connectivity index (χ1v) is 8.92. The molecule has 0 aliphatic heterocycles. The fourth-order valence-electron chi connectivity index (χ4n) is 2.24. The van der Waals surface area contributed by atoms with E-state index in [0.717, 1.165) is 22.8 Å². The lowest BCUT2D eigenvalue weighted by atomic mass is 10.1. The Balaban J connectivity index is 1.75. The van der Waals surface area contributed by atoms with Crippen LogP contribution in [0.5, 0.6) is 11.5 Å². The predicted molar refractivity (Wildman–Crippen MR) is 98.7 cm³/mol. The van der Waals surface area contributed by atoms with Gasteiger partial charge >= 0.3 is 0 Å². The molecule has 1 N–H and O–H groups in total. The minimum atomic E-state index is -0.0232. The zero-order valence-electron chi connectivity index (χ0n) is 14.2. The highest BCUT2D eigenvalue weighted by Gasteiger charge is 2.09. The maximum atomic E-state index is 12.1. The molecule has 0 spiro atoms. The van der Waals surface area contributed by atoms with E-state index in [2.05, 4.69) is 5.32 Å². The van der Waals surface area contributed by atoms with Crippen molar-refractivity contribution in [1.29, 1.82) is 0 Å². The lowest BCUT2D eigenvalue weighted by Gasteiger charge is -2.14. The van der Waals surface area contributed by atoms with Gasteiger partial charge in [-0.3, -0.25) is 4.79 Å². The second-order valence-corrected chi connectivity index (χ2v) is 6.39. The maximum Gasteiger partial charge on any atom is 0.230 e. The average Bonchev–Trinajstić information content (AvgIpc) is 2.62. The first-order chi connectivity index (χ1) is 11.6. The molecule has 0 bridgehead atoms. The third-order valence-corrected chi connectivity index (χ3v) is 4.66. The van der Waals surface area contributed by atoms with Crippen molar-refractivity contribution in [2.45, 2.75) is 18.7 Å². The Morgan fingerprint density at radius 2 is 1.54 bits per heavy atom. The normalized spacial score (nSPS) is 11.6. The van der Waals surface area contributed by atoms with Crippen LogP contribution in [0.4, 0.5) is 0 Å². The quantitative estimate of drug-likeness (QED) is 0.790. The van der Waals surface area contributed by atoms with Crippen molar-refractivity contribution in [3.8, 4) is 11.5 Å². The highest BCUT2D eigenvalue weighted by atomic mass is 32.2. The van der Waals surface area contributed by atoms with E-state index in [4.69, 9.17) is 9.47 Å². The van der Waals surface area contributed by atoms with Gasteiger partial charge in [0.25, 0.3) is 0 Å². The van der Waals surface area contributed by atoms with E-state index in [-0.39, 0.29) is 11.9 Å². The predicted octanol–water partition coefficient (Wildman–Crippen LogP) is 3.81. The molecule has 0 aliphatic carbocycles. The molecule has 1 atom stereocenters. The summed E-state index contributed by atoms with van der Waals surface area (Å²) in [6, 6.07) is 15.6. The molecule has 2 aromatic rings. The van der Waals surface area contributed by atoms with Gasteiger partial charge in [0, 0.05) is 5.75 Å². The van der Waals surface area contributed by atoms with Gasteiger partial charge in [-0.05, 0) is 42.3 Å². The van der Waals surface area contributed by atoms with Crippen LogP contribution in [0, 0.1) is 0 Å². The summed E-state index contributed by atoms with van der Waals surface area (Å²) in [5, 5.41) is 3.02. The molecule has 2 aromatic carbocycles. The van der Waals surface area contributed by atoms with E-state index >= 15 is 0 Å². The Labute approximate surface area is 147 Å². The van der Waals surface area contributed by atoms with Gasteiger partial charge in [-0.1, -0.05) is 24.3 Å². The summed E-state index contributed by atoms with van der Waals surface area (Å²) in [6.07, 6.45) is 0. The second kappa shape index (κ2) is 9.23. The van der Waals surface area contributed by atoms with Crippen molar-refractivity contribution in [2.24, 2.45) is 0 Å². The van der Waals surface area contributed by atoms with Crippen molar-refractivity contribution < 1.29 is 14.3 Å². The summed E-state index contributed by atoms with van der Waals surface area (Å²) in [5.41, 5.74) is 2.24. The summed E-state index contributed by atoms with van der Waals surface area (Å²) in [5.74, 6) is 2.93. The van der Waals surface area contributed by atoms with Crippen molar-refractivity contribution in [2.75, 3.05) is 20.0 Å². The molecule has 0 fully saturated rings. The van der Waals surface area contributed by atoms with Gasteiger partial charge in [0.2, 0.25) is 5.91 Å². The van der Waals surface area contributed by atoms with Gasteiger partial charge in [0.05, 0.1) is 26.0 Å². The smallest absolute Gasteiger partial charge is 0.230 e. The van der Waals surface area contributed by atoms with Crippen LogP contribution in [0.15, 0.2) is 48.5 Å². The van der Waals surface area contributed by atoms with E-state index < -0.39 is 0 Å². The number of amides is 1. The van der Waals surface area contributed by atoms with Gasteiger partial charge in [-0.15, -0.1) is 11.8 Å². The van der Waals surface area contributed by atoms with Crippen LogP contribution in [-0.2, 0) is 10.5 Å². The van der Waals surface area contributed by atoms with Crippen LogP contribution >= 0.6 is 11.8 Å². The molecule has 0 saturated heterocycles. The molecule has 0 aliphatic rings. The molecule has 0 heterocycles. The van der Waals surface area contributed by atoms with Crippen LogP contribution in [0.3, 0.4) is 0 Å². The number of methoxy groups -OCH3 is 2. The van der Waals surface area contributed by atoms with E-state index in [1.165, 1.54) is 5.56 Å². The molecule has 1 amide bonds. The van der Waals surface area contributed by atoms with Crippen LogP contribution in [0.1, 0.15) is 24.1 Å². The Bertz CT molecular complexity index is 641. The number of carbonyl (C=O) groups excluding carboxylic acids is 1. The molecule has 24 heavy (non-hydrogen) atoms. The van der Waals surface area contributed by atoms with Crippen LogP contribution in [-0.4, -0.2) is 25.9 Å². The zero-order chi connectivity index (χ0) is 17.4. The van der Waals surface area contributed by atoms with Crippen LogP contribution < -0.4 is 14.8 Å². The Morgan fingerprint density at radius 3 is 2.08 bits per heavy atom. The lowest BCUT2D eigenvalue weighted by molar-refractivity contribution is -0.119. The van der Waals surface area contributed by atoms with Crippen molar-refractivity contribution in [1.82, 2.24) is 5.32 Å². The standard InChI is InChI=1S/C19H23NO3S/c1-14(16-6-10-18(23-3)11-7-16)20-19(21)13-24-12-15-4-8-17(22-2)9-5-15/h4-11,14H,12-13H2,1-3H3,(H,20,21)/t14-/m0/s1. The van der Waals surface area contributed by atoms with Crippen LogP contribution in [0.2, 0.25) is 0 Å². The van der Waals surface area contributed by atoms with Gasteiger partial charge in [-0.25, -0.2) is 0 Å². The fourth-order valence-corrected chi connectivity index (χ4v) is 3.04. The lowest BCUT2D eigenvalue weighted by Crippen LogP contribution is -2.28. The molecule has 2 rings (SSSR count). The molecule has 0 saturated carbocycles. The SMILES string of the molecule is COc1ccc(CSCC(=O)N[C@@H](C)c2ccc(OC)cc2)cc1. The monoisotopic (exact) mass is 345 g/mol. The van der Waals surface area contributed by atoms with Crippen molar-refractivity contribution in [3.05, 3.63) is 59.7 Å². The molecule has 0 radical (unpaired) electrons. The zero-order valence-corrected chi connectivity index (χ0v) is 15.1. The van der Waals surface area contributed by atoms with Gasteiger partial charge in [0.15, 0.2) is 0 Å². The Kier molecular flexibility index (Phi) is 7.00. The van der Waals surface area contributed by atoms with E-state index in [1.54, 1.807) is 26.0 Å². The fraction of sp³-hybridized carbons (Fsp3) is 0.316. The summed E-state index contributed by atoms with van der Waals surface area (Å²) < 4.78 is 10.3. The van der Waals surface area contributed by atoms with E-state index in [1.807, 2.05) is 55.5 Å². The number of ether oxygens (including phenoxy) is 2. The molecule has 0 unspecified atom stereocenters. The highest BCUT2D eigenvalue weighted by molar-refractivity contribution is 7.99. The number of benzene rings is 2. The number of thioether (sulfide) groups is 1. The largest absolute Gasteiger partial charge is 0.497 e. The van der Waals surface area contributed by atoms with Crippen LogP contribution in [0.25, 0.3) is 0 Å². The molecule has 4 nitrogen and oxygen atoms in total. The summed E-state index contributed by atoms with van der Waals surface area (Å²) in [6.45, 7) is 1.98. The second-order valence-electron chi connectivity index (χ2n) is 5.40. The highest BCUT2D eigenvalue weighted by Crippen LogP contribution is 2.19. The molecular formula is C19H23NO3S. The Hall–Kier alpha value is -2.14. The van der Waals surface area contributed by atoms with E-state index in [9.17, 15) is 4.79 Å².